The van der Waals surface area contributed by atoms with Crippen molar-refractivity contribution in [1.82, 2.24) is 30.0 Å². The molecule has 1 fully saturated rings. The van der Waals surface area contributed by atoms with E-state index in [9.17, 15) is 35.9 Å². The molecule has 0 bridgehead atoms. The predicted molar refractivity (Wildman–Crippen MR) is 132 cm³/mol. The highest BCUT2D eigenvalue weighted by Crippen LogP contribution is 2.36. The summed E-state index contributed by atoms with van der Waals surface area (Å²) in [5.41, 5.74) is -3.72. The van der Waals surface area contributed by atoms with Gasteiger partial charge in [0.15, 0.2) is 11.6 Å². The molecule has 1 aliphatic heterocycles. The van der Waals surface area contributed by atoms with Crippen molar-refractivity contribution in [3.63, 3.8) is 0 Å². The van der Waals surface area contributed by atoms with Crippen LogP contribution in [-0.4, -0.2) is 61.8 Å². The number of aryl methyl sites for hydroxylation is 1. The fourth-order valence-corrected chi connectivity index (χ4v) is 4.47. The van der Waals surface area contributed by atoms with Crippen molar-refractivity contribution in [2.75, 3.05) is 13.1 Å². The summed E-state index contributed by atoms with van der Waals surface area (Å²) in [5.74, 6) is -0.815. The molecule has 41 heavy (non-hydrogen) atoms. The number of ether oxygens (including phenoxy) is 1. The standard InChI is InChI=1S/C26H26F6N6O3/c1-13-11-37(12-14(2)41-13)24(40)17-5-6-21(33-10-17)38-22(35-16(4)36-38)15(3)34-23(39)18-7-19(25(27,28)29)9-20(8-18)26(30,31)32/h5-10,13-15H,11-12H2,1-4H3,(H,34,39)/t13-,14-,15-/m0/s1. The van der Waals surface area contributed by atoms with Gasteiger partial charge >= 0.3 is 12.4 Å². The zero-order chi connectivity index (χ0) is 30.3. The van der Waals surface area contributed by atoms with Crippen LogP contribution in [0, 0.1) is 6.92 Å². The minimum Gasteiger partial charge on any atom is -0.372 e. The fourth-order valence-electron chi connectivity index (χ4n) is 4.47. The fraction of sp³-hybridized carbons (Fsp3) is 0.423. The summed E-state index contributed by atoms with van der Waals surface area (Å²) >= 11 is 0. The highest BCUT2D eigenvalue weighted by Gasteiger charge is 2.38. The quantitative estimate of drug-likeness (QED) is 0.435. The maximum absolute atomic E-state index is 13.2. The van der Waals surface area contributed by atoms with Crippen molar-refractivity contribution >= 4 is 11.8 Å². The Morgan fingerprint density at radius 3 is 2.07 bits per heavy atom. The Labute approximate surface area is 230 Å². The molecule has 2 aromatic heterocycles. The number of morpholine rings is 1. The summed E-state index contributed by atoms with van der Waals surface area (Å²) < 4.78 is 86.3. The number of hydrogen-bond acceptors (Lipinski definition) is 6. The van der Waals surface area contributed by atoms with Crippen molar-refractivity contribution in [2.45, 2.75) is 58.3 Å². The molecular weight excluding hydrogens is 558 g/mol. The number of amides is 2. The van der Waals surface area contributed by atoms with Crippen LogP contribution in [0.15, 0.2) is 36.5 Å². The molecule has 9 nitrogen and oxygen atoms in total. The van der Waals surface area contributed by atoms with Crippen LogP contribution in [-0.2, 0) is 17.1 Å². The van der Waals surface area contributed by atoms with Gasteiger partial charge in [0.05, 0.1) is 34.9 Å². The summed E-state index contributed by atoms with van der Waals surface area (Å²) in [7, 11) is 0. The SMILES string of the molecule is Cc1nc([C@H](C)NC(=O)c2cc(C(F)(F)F)cc(C(F)(F)F)c2)n(-c2ccc(C(=O)N3C[C@H](C)O[C@@H](C)C3)cn2)n1. The van der Waals surface area contributed by atoms with Gasteiger partial charge in [-0.25, -0.2) is 9.97 Å². The van der Waals surface area contributed by atoms with E-state index in [0.717, 1.165) is 0 Å². The molecule has 0 aliphatic carbocycles. The van der Waals surface area contributed by atoms with Gasteiger partial charge in [0.2, 0.25) is 0 Å². The van der Waals surface area contributed by atoms with Crippen LogP contribution in [0.4, 0.5) is 26.3 Å². The van der Waals surface area contributed by atoms with Crippen molar-refractivity contribution in [2.24, 2.45) is 0 Å². The van der Waals surface area contributed by atoms with E-state index < -0.39 is 41.0 Å². The van der Waals surface area contributed by atoms with Gasteiger partial charge in [-0.15, -0.1) is 5.10 Å². The monoisotopic (exact) mass is 584 g/mol. The van der Waals surface area contributed by atoms with Gasteiger partial charge in [-0.1, -0.05) is 0 Å². The van der Waals surface area contributed by atoms with Crippen LogP contribution >= 0.6 is 0 Å². The largest absolute Gasteiger partial charge is 0.416 e. The Balaban J connectivity index is 1.56. The molecule has 3 heterocycles. The number of carbonyl (C=O) groups excluding carboxylic acids is 2. The Hall–Kier alpha value is -4.01. The van der Waals surface area contributed by atoms with E-state index in [-0.39, 0.29) is 41.6 Å². The Bertz CT molecular complexity index is 1390. The topological polar surface area (TPSA) is 102 Å². The van der Waals surface area contributed by atoms with Gasteiger partial charge in [0.25, 0.3) is 11.8 Å². The number of aromatic nitrogens is 4. The van der Waals surface area contributed by atoms with E-state index >= 15 is 0 Å². The van der Waals surface area contributed by atoms with E-state index in [1.165, 1.54) is 23.9 Å². The second kappa shape index (κ2) is 11.1. The van der Waals surface area contributed by atoms with Gasteiger partial charge in [0, 0.05) is 24.8 Å². The van der Waals surface area contributed by atoms with Gasteiger partial charge in [0.1, 0.15) is 5.82 Å². The molecule has 1 saturated heterocycles. The molecule has 220 valence electrons. The van der Waals surface area contributed by atoms with Crippen LogP contribution in [0.5, 0.6) is 0 Å². The minimum atomic E-state index is -5.10. The number of carbonyl (C=O) groups is 2. The van der Waals surface area contributed by atoms with Crippen molar-refractivity contribution in [1.29, 1.82) is 0 Å². The lowest BCUT2D eigenvalue weighted by atomic mass is 10.0. The second-order valence-electron chi connectivity index (χ2n) is 9.79. The van der Waals surface area contributed by atoms with Crippen LogP contribution in [0.3, 0.4) is 0 Å². The highest BCUT2D eigenvalue weighted by atomic mass is 19.4. The molecule has 15 heteroatoms. The smallest absolute Gasteiger partial charge is 0.372 e. The molecule has 3 atom stereocenters. The first-order chi connectivity index (χ1) is 19.0. The Kier molecular flexibility index (Phi) is 8.11. The summed E-state index contributed by atoms with van der Waals surface area (Å²) in [6, 6.07) is 2.68. The molecule has 1 N–H and O–H groups in total. The molecule has 0 spiro atoms. The Morgan fingerprint density at radius 1 is 0.976 bits per heavy atom. The van der Waals surface area contributed by atoms with Crippen LogP contribution in [0.2, 0.25) is 0 Å². The van der Waals surface area contributed by atoms with Gasteiger partial charge in [-0.3, -0.25) is 9.59 Å². The van der Waals surface area contributed by atoms with Gasteiger partial charge < -0.3 is 15.0 Å². The predicted octanol–water partition coefficient (Wildman–Crippen LogP) is 4.75. The third-order valence-electron chi connectivity index (χ3n) is 6.24. The van der Waals surface area contributed by atoms with Gasteiger partial charge in [-0.05, 0) is 58.0 Å². The van der Waals surface area contributed by atoms with Gasteiger partial charge in [-0.2, -0.15) is 31.0 Å². The number of benzene rings is 1. The molecule has 2 amide bonds. The molecule has 0 radical (unpaired) electrons. The number of hydrogen-bond donors (Lipinski definition) is 1. The van der Waals surface area contributed by atoms with Crippen LogP contribution < -0.4 is 5.32 Å². The lowest BCUT2D eigenvalue weighted by Gasteiger charge is -2.35. The zero-order valence-corrected chi connectivity index (χ0v) is 22.3. The van der Waals surface area contributed by atoms with Crippen molar-refractivity contribution < 1.29 is 40.7 Å². The van der Waals surface area contributed by atoms with E-state index in [2.05, 4.69) is 20.4 Å². The first kappa shape index (κ1) is 30.0. The highest BCUT2D eigenvalue weighted by molar-refractivity contribution is 5.95. The van der Waals surface area contributed by atoms with Crippen molar-refractivity contribution in [3.8, 4) is 5.82 Å². The molecule has 0 saturated carbocycles. The number of pyridine rings is 1. The lowest BCUT2D eigenvalue weighted by Crippen LogP contribution is -2.48. The summed E-state index contributed by atoms with van der Waals surface area (Å²) in [4.78, 5) is 35.9. The summed E-state index contributed by atoms with van der Waals surface area (Å²) in [6.07, 6.45) is -9.09. The average molecular weight is 585 g/mol. The number of nitrogens with zero attached hydrogens (tertiary/aromatic N) is 5. The average Bonchev–Trinajstić information content (AvgIpc) is 3.28. The first-order valence-corrected chi connectivity index (χ1v) is 12.5. The molecule has 4 rings (SSSR count). The normalized spacial score (nSPS) is 18.7. The van der Waals surface area contributed by atoms with Crippen LogP contribution in [0.1, 0.15) is 70.3 Å². The van der Waals surface area contributed by atoms with E-state index in [0.29, 0.717) is 30.8 Å². The lowest BCUT2D eigenvalue weighted by molar-refractivity contribution is -0.143. The van der Waals surface area contributed by atoms with Crippen LogP contribution in [0.25, 0.3) is 5.82 Å². The van der Waals surface area contributed by atoms with E-state index in [1.54, 1.807) is 17.9 Å². The van der Waals surface area contributed by atoms with E-state index in [1.807, 2.05) is 13.8 Å². The molecule has 3 aromatic rings. The summed E-state index contributed by atoms with van der Waals surface area (Å²) in [5, 5.41) is 6.62. The Morgan fingerprint density at radius 2 is 1.56 bits per heavy atom. The first-order valence-electron chi connectivity index (χ1n) is 12.5. The maximum Gasteiger partial charge on any atom is 0.416 e. The number of halogens is 6. The summed E-state index contributed by atoms with van der Waals surface area (Å²) in [6.45, 7) is 7.57. The maximum atomic E-state index is 13.2. The minimum absolute atomic E-state index is 0.0551. The number of alkyl halides is 6. The zero-order valence-electron chi connectivity index (χ0n) is 22.3. The molecule has 1 aliphatic rings. The van der Waals surface area contributed by atoms with E-state index in [4.69, 9.17) is 4.74 Å². The molecular formula is C26H26F6N6O3. The third kappa shape index (κ3) is 6.84. The second-order valence-corrected chi connectivity index (χ2v) is 9.79. The number of nitrogens with one attached hydrogen (secondary N) is 1. The molecule has 0 unspecified atom stereocenters. The third-order valence-corrected chi connectivity index (χ3v) is 6.24. The van der Waals surface area contributed by atoms with Crippen molar-refractivity contribution in [3.05, 3.63) is 70.4 Å². The number of rotatable bonds is 5. The molecule has 1 aromatic carbocycles.